The first-order valence-electron chi connectivity index (χ1n) is 6.20. The van der Waals surface area contributed by atoms with Crippen molar-refractivity contribution in [3.8, 4) is 5.75 Å². The van der Waals surface area contributed by atoms with Gasteiger partial charge in [-0.05, 0) is 42.0 Å². The van der Waals surface area contributed by atoms with Gasteiger partial charge in [0.15, 0.2) is 5.11 Å². The molecule has 0 aliphatic rings. The fourth-order valence-corrected chi connectivity index (χ4v) is 1.72. The molecule has 2 aromatic rings. The van der Waals surface area contributed by atoms with Crippen LogP contribution in [0.15, 0.2) is 53.6 Å². The van der Waals surface area contributed by atoms with Gasteiger partial charge in [-0.25, -0.2) is 4.39 Å². The Labute approximate surface area is 127 Å². The molecule has 0 radical (unpaired) electrons. The molecule has 0 saturated carbocycles. The highest BCUT2D eigenvalue weighted by atomic mass is 32.1. The smallest absolute Gasteiger partial charge is 0.184 e. The normalized spacial score (nSPS) is 10.5. The van der Waals surface area contributed by atoms with Crippen LogP contribution < -0.4 is 15.9 Å². The quantitative estimate of drug-likeness (QED) is 0.506. The number of hydrazone groups is 1. The van der Waals surface area contributed by atoms with Gasteiger partial charge in [-0.15, -0.1) is 0 Å². The van der Waals surface area contributed by atoms with E-state index < -0.39 is 0 Å². The van der Waals surface area contributed by atoms with Crippen LogP contribution in [0.2, 0.25) is 0 Å². The first kappa shape index (κ1) is 14.9. The SMILES string of the molecule is NC(=S)NN=Cc1ccccc1OCc1cccc(F)c1. The molecule has 0 spiro atoms. The Hall–Kier alpha value is -2.47. The molecule has 0 aliphatic heterocycles. The summed E-state index contributed by atoms with van der Waals surface area (Å²) >= 11 is 4.66. The molecule has 0 bridgehead atoms. The third-order valence-electron chi connectivity index (χ3n) is 2.58. The molecule has 0 unspecified atom stereocenters. The lowest BCUT2D eigenvalue weighted by atomic mass is 10.2. The summed E-state index contributed by atoms with van der Waals surface area (Å²) in [4.78, 5) is 0. The summed E-state index contributed by atoms with van der Waals surface area (Å²) in [5, 5.41) is 3.98. The van der Waals surface area contributed by atoms with E-state index in [0.29, 0.717) is 5.75 Å². The van der Waals surface area contributed by atoms with Crippen molar-refractivity contribution in [3.05, 3.63) is 65.5 Å². The minimum atomic E-state index is -0.286. The standard InChI is InChI=1S/C15H14FN3OS/c16-13-6-3-4-11(8-13)10-20-14-7-2-1-5-12(14)9-18-19-15(17)21/h1-9H,10H2,(H3,17,19,21). The van der Waals surface area contributed by atoms with Crippen molar-refractivity contribution in [3.63, 3.8) is 0 Å². The molecular weight excluding hydrogens is 289 g/mol. The monoisotopic (exact) mass is 303 g/mol. The molecule has 0 heterocycles. The lowest BCUT2D eigenvalue weighted by Crippen LogP contribution is -2.24. The van der Waals surface area contributed by atoms with E-state index in [-0.39, 0.29) is 17.5 Å². The lowest BCUT2D eigenvalue weighted by molar-refractivity contribution is 0.305. The highest BCUT2D eigenvalue weighted by Gasteiger charge is 2.02. The number of benzene rings is 2. The molecule has 0 fully saturated rings. The highest BCUT2D eigenvalue weighted by Crippen LogP contribution is 2.17. The van der Waals surface area contributed by atoms with Crippen LogP contribution >= 0.6 is 12.2 Å². The molecule has 3 N–H and O–H groups in total. The van der Waals surface area contributed by atoms with Gasteiger partial charge in [0.25, 0.3) is 0 Å². The van der Waals surface area contributed by atoms with E-state index in [4.69, 9.17) is 10.5 Å². The third-order valence-corrected chi connectivity index (χ3v) is 2.67. The zero-order valence-corrected chi connectivity index (χ0v) is 11.9. The lowest BCUT2D eigenvalue weighted by Gasteiger charge is -2.09. The fourth-order valence-electron chi connectivity index (χ4n) is 1.67. The summed E-state index contributed by atoms with van der Waals surface area (Å²) in [6, 6.07) is 13.6. The Morgan fingerprint density at radius 1 is 1.29 bits per heavy atom. The molecule has 0 aromatic heterocycles. The summed E-state index contributed by atoms with van der Waals surface area (Å²) in [7, 11) is 0. The third kappa shape index (κ3) is 4.85. The van der Waals surface area contributed by atoms with Crippen molar-refractivity contribution < 1.29 is 9.13 Å². The van der Waals surface area contributed by atoms with Gasteiger partial charge in [-0.3, -0.25) is 5.43 Å². The topological polar surface area (TPSA) is 59.6 Å². The number of para-hydroxylation sites is 1. The average molecular weight is 303 g/mol. The molecule has 21 heavy (non-hydrogen) atoms. The number of thiocarbonyl (C=S) groups is 1. The maximum atomic E-state index is 13.1. The Balaban J connectivity index is 2.06. The van der Waals surface area contributed by atoms with Gasteiger partial charge in [0, 0.05) is 5.56 Å². The van der Waals surface area contributed by atoms with Gasteiger partial charge in [0.2, 0.25) is 0 Å². The number of halogens is 1. The number of hydrogen-bond acceptors (Lipinski definition) is 3. The van der Waals surface area contributed by atoms with Gasteiger partial charge in [0.05, 0.1) is 6.21 Å². The van der Waals surface area contributed by atoms with Crippen LogP contribution in [0.25, 0.3) is 0 Å². The van der Waals surface area contributed by atoms with Crippen LogP contribution in [-0.4, -0.2) is 11.3 Å². The number of nitrogens with two attached hydrogens (primary N) is 1. The maximum absolute atomic E-state index is 13.1. The van der Waals surface area contributed by atoms with Crippen LogP contribution in [0.5, 0.6) is 5.75 Å². The molecular formula is C15H14FN3OS. The van der Waals surface area contributed by atoms with E-state index in [1.54, 1.807) is 24.4 Å². The van der Waals surface area contributed by atoms with Crippen LogP contribution in [0, 0.1) is 5.82 Å². The molecule has 2 rings (SSSR count). The van der Waals surface area contributed by atoms with Crippen LogP contribution in [0.4, 0.5) is 4.39 Å². The van der Waals surface area contributed by atoms with Crippen LogP contribution in [0.3, 0.4) is 0 Å². The molecule has 4 nitrogen and oxygen atoms in total. The molecule has 6 heteroatoms. The minimum Gasteiger partial charge on any atom is -0.488 e. The van der Waals surface area contributed by atoms with Gasteiger partial charge in [0.1, 0.15) is 18.2 Å². The van der Waals surface area contributed by atoms with Crippen molar-refractivity contribution in [1.29, 1.82) is 0 Å². The highest BCUT2D eigenvalue weighted by molar-refractivity contribution is 7.80. The number of rotatable bonds is 5. The van der Waals surface area contributed by atoms with Crippen molar-refractivity contribution in [2.45, 2.75) is 6.61 Å². The Morgan fingerprint density at radius 3 is 2.86 bits per heavy atom. The van der Waals surface area contributed by atoms with Crippen molar-refractivity contribution in [1.82, 2.24) is 5.43 Å². The van der Waals surface area contributed by atoms with Gasteiger partial charge in [-0.2, -0.15) is 5.10 Å². The second-order valence-corrected chi connectivity index (χ2v) is 4.63. The van der Waals surface area contributed by atoms with Crippen LogP contribution in [0.1, 0.15) is 11.1 Å². The van der Waals surface area contributed by atoms with Gasteiger partial charge >= 0.3 is 0 Å². The molecule has 108 valence electrons. The Bertz CT molecular complexity index is 661. The summed E-state index contributed by atoms with van der Waals surface area (Å²) in [6.07, 6.45) is 1.56. The Morgan fingerprint density at radius 2 is 2.10 bits per heavy atom. The summed E-state index contributed by atoms with van der Waals surface area (Å²) in [5.74, 6) is 0.349. The molecule has 2 aromatic carbocycles. The van der Waals surface area contributed by atoms with Crippen molar-refractivity contribution in [2.75, 3.05) is 0 Å². The van der Waals surface area contributed by atoms with E-state index in [1.165, 1.54) is 12.1 Å². The largest absolute Gasteiger partial charge is 0.488 e. The first-order chi connectivity index (χ1) is 10.1. The predicted octanol–water partition coefficient (Wildman–Crippen LogP) is 2.57. The predicted molar refractivity (Wildman–Crippen MR) is 84.7 cm³/mol. The summed E-state index contributed by atoms with van der Waals surface area (Å²) in [5.41, 5.74) is 9.27. The zero-order valence-electron chi connectivity index (χ0n) is 11.1. The zero-order chi connectivity index (χ0) is 15.1. The fraction of sp³-hybridized carbons (Fsp3) is 0.0667. The van der Waals surface area contributed by atoms with Crippen molar-refractivity contribution >= 4 is 23.5 Å². The van der Waals surface area contributed by atoms with E-state index in [9.17, 15) is 4.39 Å². The molecule has 0 amide bonds. The van der Waals surface area contributed by atoms with E-state index in [1.807, 2.05) is 18.2 Å². The van der Waals surface area contributed by atoms with Gasteiger partial charge in [-0.1, -0.05) is 24.3 Å². The number of ether oxygens (including phenoxy) is 1. The molecule has 0 aliphatic carbocycles. The van der Waals surface area contributed by atoms with E-state index in [2.05, 4.69) is 22.7 Å². The van der Waals surface area contributed by atoms with Crippen molar-refractivity contribution in [2.24, 2.45) is 10.8 Å². The van der Waals surface area contributed by atoms with Gasteiger partial charge < -0.3 is 10.5 Å². The summed E-state index contributed by atoms with van der Waals surface area (Å²) < 4.78 is 18.8. The number of nitrogens with one attached hydrogen (secondary N) is 1. The number of hydrogen-bond donors (Lipinski definition) is 2. The average Bonchev–Trinajstić information content (AvgIpc) is 2.46. The number of nitrogens with zero attached hydrogens (tertiary/aromatic N) is 1. The van der Waals surface area contributed by atoms with E-state index in [0.717, 1.165) is 11.1 Å². The maximum Gasteiger partial charge on any atom is 0.184 e. The molecule has 0 saturated heterocycles. The Kier molecular flexibility index (Phi) is 5.22. The second kappa shape index (κ2) is 7.35. The van der Waals surface area contributed by atoms with E-state index >= 15 is 0 Å². The summed E-state index contributed by atoms with van der Waals surface area (Å²) in [6.45, 7) is 0.269. The van der Waals surface area contributed by atoms with Crippen LogP contribution in [-0.2, 0) is 6.61 Å². The second-order valence-electron chi connectivity index (χ2n) is 4.19. The minimum absolute atomic E-state index is 0.0874. The molecule has 0 atom stereocenters. The first-order valence-corrected chi connectivity index (χ1v) is 6.61.